The van der Waals surface area contributed by atoms with E-state index in [4.69, 9.17) is 14.2 Å². The van der Waals surface area contributed by atoms with Crippen molar-refractivity contribution < 1.29 is 18.6 Å². The predicted octanol–water partition coefficient (Wildman–Crippen LogP) is 3.01. The summed E-state index contributed by atoms with van der Waals surface area (Å²) in [6, 6.07) is 12.8. The highest BCUT2D eigenvalue weighted by Gasteiger charge is 2.35. The second-order valence-corrected chi connectivity index (χ2v) is 7.69. The molecule has 2 aromatic rings. The van der Waals surface area contributed by atoms with Crippen LogP contribution in [0.3, 0.4) is 0 Å². The lowest BCUT2D eigenvalue weighted by Gasteiger charge is -2.38. The van der Waals surface area contributed by atoms with Gasteiger partial charge in [0.25, 0.3) is 0 Å². The molecule has 1 fully saturated rings. The lowest BCUT2D eigenvalue weighted by molar-refractivity contribution is 0.0513. The third-order valence-corrected chi connectivity index (χ3v) is 5.87. The fraction of sp³-hybridized carbons (Fsp3) is 0.435. The Hall–Kier alpha value is -2.80. The van der Waals surface area contributed by atoms with Crippen molar-refractivity contribution in [3.05, 3.63) is 59.4 Å². The Labute approximate surface area is 176 Å². The van der Waals surface area contributed by atoms with E-state index in [-0.39, 0.29) is 18.0 Å². The highest BCUT2D eigenvalue weighted by Crippen LogP contribution is 2.40. The average Bonchev–Trinajstić information content (AvgIpc) is 3.26. The summed E-state index contributed by atoms with van der Waals surface area (Å²) < 4.78 is 29.7. The van der Waals surface area contributed by atoms with Crippen LogP contribution in [0.2, 0.25) is 0 Å². The van der Waals surface area contributed by atoms with Crippen molar-refractivity contribution in [3.8, 4) is 11.5 Å². The van der Waals surface area contributed by atoms with Crippen molar-refractivity contribution in [1.29, 1.82) is 0 Å². The smallest absolute Gasteiger partial charge is 0.231 e. The Kier molecular flexibility index (Phi) is 6.38. The Morgan fingerprint density at radius 2 is 1.80 bits per heavy atom. The first-order valence-corrected chi connectivity index (χ1v) is 10.4. The van der Waals surface area contributed by atoms with Gasteiger partial charge in [-0.1, -0.05) is 18.2 Å². The molecule has 2 heterocycles. The molecule has 30 heavy (non-hydrogen) atoms. The molecule has 0 aromatic heterocycles. The summed E-state index contributed by atoms with van der Waals surface area (Å²) in [4.78, 5) is 4.36. The number of fused-ring (bicyclic) bond motifs is 1. The van der Waals surface area contributed by atoms with Gasteiger partial charge in [0.15, 0.2) is 17.5 Å². The van der Waals surface area contributed by atoms with Gasteiger partial charge in [0.05, 0.1) is 0 Å². The number of ether oxygens (including phenoxy) is 3. The van der Waals surface area contributed by atoms with E-state index in [9.17, 15) is 4.39 Å². The van der Waals surface area contributed by atoms with Crippen molar-refractivity contribution in [2.75, 3.05) is 40.1 Å². The fourth-order valence-electron chi connectivity index (χ4n) is 4.01. The van der Waals surface area contributed by atoms with Crippen LogP contribution in [0.25, 0.3) is 0 Å². The van der Waals surface area contributed by atoms with Crippen molar-refractivity contribution in [3.63, 3.8) is 0 Å². The van der Waals surface area contributed by atoms with Crippen LogP contribution in [0.4, 0.5) is 4.39 Å². The molecule has 4 rings (SSSR count). The molecule has 6 nitrogen and oxygen atoms in total. The minimum atomic E-state index is -0.213. The van der Waals surface area contributed by atoms with Gasteiger partial charge in [0.2, 0.25) is 6.79 Å². The molecule has 160 valence electrons. The summed E-state index contributed by atoms with van der Waals surface area (Å²) in [6.07, 6.45) is 2.64. The van der Waals surface area contributed by atoms with Crippen LogP contribution in [0.15, 0.2) is 47.5 Å². The van der Waals surface area contributed by atoms with Gasteiger partial charge in [-0.2, -0.15) is 0 Å². The highest BCUT2D eigenvalue weighted by molar-refractivity contribution is 5.79. The van der Waals surface area contributed by atoms with Crippen LogP contribution in [0.1, 0.15) is 24.0 Å². The van der Waals surface area contributed by atoms with Gasteiger partial charge in [0.1, 0.15) is 5.82 Å². The molecule has 0 amide bonds. The second-order valence-electron chi connectivity index (χ2n) is 7.69. The molecule has 2 aliphatic rings. The maximum atomic E-state index is 13.0. The van der Waals surface area contributed by atoms with Gasteiger partial charge in [-0.3, -0.25) is 4.99 Å². The number of hydrogen-bond donors (Lipinski definition) is 2. The molecule has 0 aliphatic carbocycles. The zero-order valence-electron chi connectivity index (χ0n) is 17.2. The Morgan fingerprint density at radius 3 is 2.57 bits per heavy atom. The summed E-state index contributed by atoms with van der Waals surface area (Å²) in [5, 5.41) is 6.84. The lowest BCUT2D eigenvalue weighted by Crippen LogP contribution is -2.48. The zero-order valence-corrected chi connectivity index (χ0v) is 17.2. The number of nitrogens with one attached hydrogen (secondary N) is 2. The van der Waals surface area contributed by atoms with E-state index < -0.39 is 0 Å². The van der Waals surface area contributed by atoms with E-state index in [2.05, 4.69) is 27.8 Å². The number of hydrogen-bond acceptors (Lipinski definition) is 4. The molecular weight excluding hydrogens is 385 g/mol. The first kappa shape index (κ1) is 20.5. The van der Waals surface area contributed by atoms with E-state index >= 15 is 0 Å². The lowest BCUT2D eigenvalue weighted by atomic mass is 9.74. The SMILES string of the molecule is CN=C(NCCc1ccc(F)cc1)NCC1(c2ccc3c(c2)OCO3)CCOCC1. The molecule has 7 heteroatoms. The summed E-state index contributed by atoms with van der Waals surface area (Å²) >= 11 is 0. The zero-order chi connectivity index (χ0) is 20.8. The van der Waals surface area contributed by atoms with Crippen molar-refractivity contribution in [2.24, 2.45) is 4.99 Å². The summed E-state index contributed by atoms with van der Waals surface area (Å²) in [5.41, 5.74) is 2.25. The third-order valence-electron chi connectivity index (χ3n) is 5.87. The molecule has 0 unspecified atom stereocenters. The number of rotatable bonds is 6. The van der Waals surface area contributed by atoms with Gasteiger partial charge >= 0.3 is 0 Å². The van der Waals surface area contributed by atoms with Crippen molar-refractivity contribution in [2.45, 2.75) is 24.7 Å². The molecule has 0 bridgehead atoms. The third kappa shape index (κ3) is 4.67. The minimum Gasteiger partial charge on any atom is -0.454 e. The van der Waals surface area contributed by atoms with Gasteiger partial charge in [-0.05, 0) is 54.7 Å². The quantitative estimate of drug-likeness (QED) is 0.563. The Balaban J connectivity index is 1.38. The molecule has 2 aliphatic heterocycles. The molecule has 2 N–H and O–H groups in total. The van der Waals surface area contributed by atoms with Crippen molar-refractivity contribution in [1.82, 2.24) is 10.6 Å². The number of halogens is 1. The normalized spacial score (nSPS) is 17.6. The van der Waals surface area contributed by atoms with Gasteiger partial charge in [0, 0.05) is 38.8 Å². The first-order valence-electron chi connectivity index (χ1n) is 10.4. The average molecular weight is 413 g/mol. The molecule has 0 radical (unpaired) electrons. The van der Waals surface area contributed by atoms with E-state index in [0.717, 1.165) is 62.0 Å². The molecule has 0 saturated carbocycles. The van der Waals surface area contributed by atoms with Crippen LogP contribution in [0.5, 0.6) is 11.5 Å². The van der Waals surface area contributed by atoms with E-state index in [0.29, 0.717) is 6.54 Å². The summed E-state index contributed by atoms with van der Waals surface area (Å²) in [5.74, 6) is 2.14. The van der Waals surface area contributed by atoms with E-state index in [1.165, 1.54) is 17.7 Å². The highest BCUT2D eigenvalue weighted by atomic mass is 19.1. The molecule has 2 aromatic carbocycles. The minimum absolute atomic E-state index is 0.0617. The maximum Gasteiger partial charge on any atom is 0.231 e. The first-order chi connectivity index (χ1) is 14.7. The van der Waals surface area contributed by atoms with Gasteiger partial charge < -0.3 is 24.8 Å². The monoisotopic (exact) mass is 413 g/mol. The number of nitrogens with zero attached hydrogens (tertiary/aromatic N) is 1. The largest absolute Gasteiger partial charge is 0.454 e. The van der Waals surface area contributed by atoms with Gasteiger partial charge in [-0.25, -0.2) is 4.39 Å². The number of guanidine groups is 1. The van der Waals surface area contributed by atoms with Crippen LogP contribution < -0.4 is 20.1 Å². The van der Waals surface area contributed by atoms with E-state index in [1.807, 2.05) is 18.2 Å². The topological polar surface area (TPSA) is 64.1 Å². The van der Waals surface area contributed by atoms with Crippen LogP contribution in [-0.4, -0.2) is 46.1 Å². The maximum absolute atomic E-state index is 13.0. The molecular formula is C23H28FN3O3. The predicted molar refractivity (Wildman–Crippen MR) is 114 cm³/mol. The second kappa shape index (κ2) is 9.34. The number of benzene rings is 2. The molecule has 0 spiro atoms. The number of aliphatic imine (C=N–C) groups is 1. The standard InChI is InChI=1S/C23H28FN3O3/c1-25-22(26-11-8-17-2-5-19(24)6-3-17)27-15-23(9-12-28-13-10-23)18-4-7-20-21(14-18)30-16-29-20/h2-7,14H,8-13,15-16H2,1H3,(H2,25,26,27). The van der Waals surface area contributed by atoms with Crippen LogP contribution in [-0.2, 0) is 16.6 Å². The molecule has 1 saturated heterocycles. The fourth-order valence-corrected chi connectivity index (χ4v) is 4.01. The Morgan fingerprint density at radius 1 is 1.03 bits per heavy atom. The van der Waals surface area contributed by atoms with E-state index in [1.54, 1.807) is 7.05 Å². The van der Waals surface area contributed by atoms with Crippen molar-refractivity contribution >= 4 is 5.96 Å². The summed E-state index contributed by atoms with van der Waals surface area (Å²) in [7, 11) is 1.77. The van der Waals surface area contributed by atoms with Gasteiger partial charge in [-0.15, -0.1) is 0 Å². The Bertz CT molecular complexity index is 880. The summed E-state index contributed by atoms with van der Waals surface area (Å²) in [6.45, 7) is 3.19. The van der Waals surface area contributed by atoms with Crippen LogP contribution in [0, 0.1) is 5.82 Å². The van der Waals surface area contributed by atoms with Crippen LogP contribution >= 0.6 is 0 Å². The molecule has 0 atom stereocenters.